The van der Waals surface area contributed by atoms with E-state index < -0.39 is 21.0 Å². The van der Waals surface area contributed by atoms with Gasteiger partial charge in [0.05, 0.1) is 23.7 Å². The number of nitrogens with zero attached hydrogens (tertiary/aromatic N) is 2. The van der Waals surface area contributed by atoms with Crippen LogP contribution < -0.4 is 5.32 Å². The van der Waals surface area contributed by atoms with Crippen LogP contribution in [0, 0.1) is 11.3 Å². The molecular weight excluding hydrogens is 412 g/mol. The monoisotopic (exact) mass is 440 g/mol. The molecule has 1 aliphatic rings. The number of aliphatic hydroxyl groups is 1. The predicted molar refractivity (Wildman–Crippen MR) is 119 cm³/mol. The Labute approximate surface area is 176 Å². The van der Waals surface area contributed by atoms with Crippen molar-refractivity contribution in [2.24, 2.45) is 11.3 Å². The first kappa shape index (κ1) is 21.9. The van der Waals surface area contributed by atoms with Gasteiger partial charge in [0, 0.05) is 35.3 Å². The summed E-state index contributed by atoms with van der Waals surface area (Å²) in [7, 11) is -2.26. The van der Waals surface area contributed by atoms with E-state index in [1.807, 2.05) is 6.07 Å². The van der Waals surface area contributed by atoms with E-state index in [-0.39, 0.29) is 17.8 Å². The number of hydrogen-bond donors (Lipinski definition) is 3. The van der Waals surface area contributed by atoms with Crippen molar-refractivity contribution in [2.75, 3.05) is 25.2 Å². The number of aromatic amines is 1. The first-order valence-electron chi connectivity index (χ1n) is 9.62. The van der Waals surface area contributed by atoms with Crippen LogP contribution in [0.4, 0.5) is 4.79 Å². The molecule has 2 heterocycles. The molecule has 2 amide bonds. The Morgan fingerprint density at radius 3 is 2.76 bits per heavy atom. The first-order chi connectivity index (χ1) is 13.5. The van der Waals surface area contributed by atoms with Crippen LogP contribution in [0.2, 0.25) is 5.02 Å². The van der Waals surface area contributed by atoms with Crippen molar-refractivity contribution in [3.63, 3.8) is 0 Å². The van der Waals surface area contributed by atoms with Gasteiger partial charge in [-0.15, -0.1) is 0 Å². The topological polar surface area (TPSA) is 98.3 Å². The van der Waals surface area contributed by atoms with Gasteiger partial charge in [-0.1, -0.05) is 25.4 Å². The summed E-state index contributed by atoms with van der Waals surface area (Å²) in [4.78, 5) is 14.0. The van der Waals surface area contributed by atoms with Gasteiger partial charge in [0.1, 0.15) is 0 Å². The molecule has 0 radical (unpaired) electrons. The zero-order chi connectivity index (χ0) is 21.4. The van der Waals surface area contributed by atoms with Crippen molar-refractivity contribution in [2.45, 2.75) is 32.8 Å². The molecule has 0 bridgehead atoms. The van der Waals surface area contributed by atoms with Crippen LogP contribution >= 0.6 is 11.6 Å². The largest absolute Gasteiger partial charge is 0.388 e. The molecule has 29 heavy (non-hydrogen) atoms. The van der Waals surface area contributed by atoms with Gasteiger partial charge in [-0.25, -0.2) is 4.79 Å². The molecule has 1 aromatic heterocycles. The molecule has 1 aliphatic heterocycles. The van der Waals surface area contributed by atoms with Gasteiger partial charge < -0.3 is 15.3 Å². The highest BCUT2D eigenvalue weighted by Gasteiger charge is 2.40. The fourth-order valence-corrected chi connectivity index (χ4v) is 4.70. The van der Waals surface area contributed by atoms with Crippen molar-refractivity contribution < 1.29 is 14.1 Å². The summed E-state index contributed by atoms with van der Waals surface area (Å²) in [6, 6.07) is 3.40. The van der Waals surface area contributed by atoms with Gasteiger partial charge in [-0.2, -0.15) is 5.10 Å². The number of piperidine rings is 1. The number of likely N-dealkylation sites (tertiary alicyclic amines) is 1. The van der Waals surface area contributed by atoms with Gasteiger partial charge >= 0.3 is 6.03 Å². The highest BCUT2D eigenvalue weighted by atomic mass is 35.5. The highest BCUT2D eigenvalue weighted by molar-refractivity contribution is 7.99. The lowest BCUT2D eigenvalue weighted by molar-refractivity contribution is -0.0143. The van der Waals surface area contributed by atoms with E-state index in [0.717, 1.165) is 29.3 Å². The minimum atomic E-state index is -2.26. The average molecular weight is 441 g/mol. The molecule has 7 nitrogen and oxygen atoms in total. The summed E-state index contributed by atoms with van der Waals surface area (Å²) in [5.41, 5.74) is 1.11. The second kappa shape index (κ2) is 8.16. The van der Waals surface area contributed by atoms with E-state index in [1.165, 1.54) is 6.26 Å². The minimum absolute atomic E-state index is 0.0743. The maximum absolute atomic E-state index is 12.3. The van der Waals surface area contributed by atoms with E-state index in [0.29, 0.717) is 18.1 Å². The number of nitrogens with one attached hydrogen (secondary N) is 2. The molecule has 2 atom stereocenters. The van der Waals surface area contributed by atoms with Crippen molar-refractivity contribution >= 4 is 43.9 Å². The number of hydrogen-bond acceptors (Lipinski definition) is 4. The van der Waals surface area contributed by atoms with Crippen molar-refractivity contribution in [1.82, 2.24) is 20.4 Å². The van der Waals surface area contributed by atoms with E-state index in [4.69, 9.17) is 11.6 Å². The van der Waals surface area contributed by atoms with E-state index >= 15 is 0 Å². The van der Waals surface area contributed by atoms with Gasteiger partial charge in [0.15, 0.2) is 0 Å². The van der Waals surface area contributed by atoms with Gasteiger partial charge in [0.25, 0.3) is 0 Å². The van der Waals surface area contributed by atoms with Crippen LogP contribution in [-0.2, 0) is 9.52 Å². The maximum atomic E-state index is 12.3. The Balaban J connectivity index is 1.69. The Kier molecular flexibility index (Phi) is 6.17. The third-order valence-electron chi connectivity index (χ3n) is 5.91. The van der Waals surface area contributed by atoms with Crippen LogP contribution in [0.5, 0.6) is 0 Å². The summed E-state index contributed by atoms with van der Waals surface area (Å²) in [6.07, 6.45) is 4.04. The number of rotatable bonds is 5. The number of aliphatic hydroxyl groups excluding tert-OH is 1. The minimum Gasteiger partial charge on any atom is -0.388 e. The maximum Gasteiger partial charge on any atom is 0.318 e. The van der Waals surface area contributed by atoms with E-state index in [1.54, 1.807) is 17.2 Å². The van der Waals surface area contributed by atoms with E-state index in [2.05, 4.69) is 35.2 Å². The fraction of sp³-hybridized carbons (Fsp3) is 0.550. The van der Waals surface area contributed by atoms with Crippen LogP contribution in [0.3, 0.4) is 0 Å². The number of carbonyl (C=O) groups is 1. The standard InChI is InChI=1S/C20H29ClN4O3S/c1-20(2,18(26)16-10-15(21)9-13-11-23-24-17(13)16)14-5-7-25(8-6-14)19(27)22-12-29(3,4)28/h9-11,14,18,26H,3,5-8,12H2,1-2,4H3,(H,22,27)(H,23,24)/t18-,29?/m1/s1. The molecular formula is C20H29ClN4O3S. The average Bonchev–Trinajstić information content (AvgIpc) is 3.12. The smallest absolute Gasteiger partial charge is 0.318 e. The molecule has 1 fully saturated rings. The molecule has 0 aliphatic carbocycles. The number of aromatic nitrogens is 2. The summed E-state index contributed by atoms with van der Waals surface area (Å²) >= 11 is 6.25. The summed E-state index contributed by atoms with van der Waals surface area (Å²) in [5, 5.41) is 22.4. The number of halogens is 1. The van der Waals surface area contributed by atoms with Gasteiger partial charge in [-0.05, 0) is 51.7 Å². The second-order valence-corrected chi connectivity index (χ2v) is 11.7. The van der Waals surface area contributed by atoms with Crippen LogP contribution in [0.1, 0.15) is 38.4 Å². The second-order valence-electron chi connectivity index (χ2n) is 8.62. The fourth-order valence-electron chi connectivity index (χ4n) is 4.04. The molecule has 1 unspecified atom stereocenters. The number of urea groups is 1. The predicted octanol–water partition coefficient (Wildman–Crippen LogP) is 3.00. The number of carbonyl (C=O) groups excluding carboxylic acids is 1. The molecule has 9 heteroatoms. The zero-order valence-electron chi connectivity index (χ0n) is 17.1. The van der Waals surface area contributed by atoms with Gasteiger partial charge in [0.2, 0.25) is 0 Å². The Morgan fingerprint density at radius 2 is 2.14 bits per heavy atom. The molecule has 160 valence electrons. The quantitative estimate of drug-likeness (QED) is 0.622. The lowest BCUT2D eigenvalue weighted by Crippen LogP contribution is -2.48. The molecule has 1 aromatic carbocycles. The molecule has 0 saturated carbocycles. The SMILES string of the molecule is C=S(C)(=O)CNC(=O)N1CCC(C(C)(C)[C@H](O)c2cc(Cl)cc3cn[nH]c23)CC1. The van der Waals surface area contributed by atoms with Gasteiger partial charge in [-0.3, -0.25) is 9.31 Å². The van der Waals surface area contributed by atoms with Crippen molar-refractivity contribution in [1.29, 1.82) is 0 Å². The Morgan fingerprint density at radius 1 is 1.48 bits per heavy atom. The van der Waals surface area contributed by atoms with Crippen molar-refractivity contribution in [3.8, 4) is 0 Å². The first-order valence-corrected chi connectivity index (χ1v) is 12.3. The third-order valence-corrected chi connectivity index (χ3v) is 6.88. The number of fused-ring (bicyclic) bond motifs is 1. The Bertz CT molecular complexity index is 994. The van der Waals surface area contributed by atoms with E-state index in [9.17, 15) is 14.1 Å². The summed E-state index contributed by atoms with van der Waals surface area (Å²) in [6.45, 7) is 5.28. The summed E-state index contributed by atoms with van der Waals surface area (Å²) in [5.74, 6) is 3.85. The molecule has 3 N–H and O–H groups in total. The van der Waals surface area contributed by atoms with Crippen LogP contribution in [-0.4, -0.2) is 61.5 Å². The molecule has 0 spiro atoms. The number of amides is 2. The molecule has 2 aromatic rings. The molecule has 3 rings (SSSR count). The Hall–Kier alpha value is -1.77. The normalized spacial score (nSPS) is 19.1. The molecule has 1 saturated heterocycles. The lowest BCUT2D eigenvalue weighted by atomic mass is 9.68. The van der Waals surface area contributed by atoms with Crippen molar-refractivity contribution in [3.05, 3.63) is 28.9 Å². The third kappa shape index (κ3) is 4.87. The highest BCUT2D eigenvalue weighted by Crippen LogP contribution is 2.46. The van der Waals surface area contributed by atoms with Crippen LogP contribution in [0.25, 0.3) is 10.9 Å². The summed E-state index contributed by atoms with van der Waals surface area (Å²) < 4.78 is 11.7. The zero-order valence-corrected chi connectivity index (χ0v) is 18.6. The number of benzene rings is 1. The van der Waals surface area contributed by atoms with Crippen LogP contribution in [0.15, 0.2) is 18.3 Å². The number of H-pyrrole nitrogens is 1. The lowest BCUT2D eigenvalue weighted by Gasteiger charge is -2.43.